The normalized spacial score (nSPS) is 12.8. The molecule has 0 saturated carbocycles. The molecule has 0 aliphatic rings. The summed E-state index contributed by atoms with van der Waals surface area (Å²) >= 11 is 1.64. The van der Waals surface area contributed by atoms with Gasteiger partial charge in [0.05, 0.1) is 17.5 Å². The Morgan fingerprint density at radius 3 is 2.64 bits per heavy atom. The number of nitrogens with two attached hydrogens (primary N) is 1. The molecule has 3 N–H and O–H groups in total. The smallest absolute Gasteiger partial charge is 0.236 e. The largest absolute Gasteiger partial charge is 0.355 e. The van der Waals surface area contributed by atoms with Crippen molar-refractivity contribution in [1.29, 1.82) is 0 Å². The Morgan fingerprint density at radius 1 is 1.32 bits per heavy atom. The van der Waals surface area contributed by atoms with Gasteiger partial charge in [-0.1, -0.05) is 30.3 Å². The van der Waals surface area contributed by atoms with E-state index in [4.69, 9.17) is 5.73 Å². The molecule has 0 aromatic heterocycles. The van der Waals surface area contributed by atoms with Gasteiger partial charge >= 0.3 is 0 Å². The summed E-state index contributed by atoms with van der Waals surface area (Å²) in [6.45, 7) is 0.333. The van der Waals surface area contributed by atoms with E-state index in [0.29, 0.717) is 19.4 Å². The second-order valence-electron chi connectivity index (χ2n) is 5.11. The molecule has 1 aromatic rings. The number of benzene rings is 1. The molecule has 5 nitrogen and oxygen atoms in total. The van der Waals surface area contributed by atoms with Gasteiger partial charge in [-0.05, 0) is 30.4 Å². The van der Waals surface area contributed by atoms with Gasteiger partial charge in [-0.25, -0.2) is 8.42 Å². The summed E-state index contributed by atoms with van der Waals surface area (Å²) < 4.78 is 24.0. The van der Waals surface area contributed by atoms with Gasteiger partial charge in [0, 0.05) is 6.54 Å². The predicted octanol–water partition coefficient (Wildman–Crippen LogP) is 1.19. The fourth-order valence-corrected chi connectivity index (χ4v) is 3.83. The number of nitrogens with one attached hydrogen (secondary N) is 1. The molecule has 1 atom stereocenters. The van der Waals surface area contributed by atoms with Gasteiger partial charge in [-0.15, -0.1) is 0 Å². The third-order valence-corrected chi connectivity index (χ3v) is 5.46. The fourth-order valence-electron chi connectivity index (χ4n) is 1.91. The number of hydrogen-bond donors (Lipinski definition) is 2. The summed E-state index contributed by atoms with van der Waals surface area (Å²) in [7, 11) is -3.15. The minimum atomic E-state index is -3.15. The van der Waals surface area contributed by atoms with Crippen molar-refractivity contribution in [3.8, 4) is 0 Å². The van der Waals surface area contributed by atoms with Crippen molar-refractivity contribution in [3.05, 3.63) is 35.9 Å². The molecule has 124 valence electrons. The second kappa shape index (κ2) is 9.86. The zero-order valence-corrected chi connectivity index (χ0v) is 14.5. The average Bonchev–Trinajstić information content (AvgIpc) is 2.49. The zero-order chi connectivity index (χ0) is 16.4. The van der Waals surface area contributed by atoms with Crippen LogP contribution in [-0.2, 0) is 20.4 Å². The van der Waals surface area contributed by atoms with Crippen LogP contribution in [0.15, 0.2) is 30.3 Å². The molecular formula is C15H24N2O3S2. The van der Waals surface area contributed by atoms with Crippen LogP contribution in [0.25, 0.3) is 0 Å². The molecular weight excluding hydrogens is 320 g/mol. The third kappa shape index (κ3) is 7.82. The maximum Gasteiger partial charge on any atom is 0.236 e. The lowest BCUT2D eigenvalue weighted by molar-refractivity contribution is -0.122. The first-order chi connectivity index (χ1) is 10.4. The maximum absolute atomic E-state index is 12.0. The standard InChI is InChI=1S/C15H24N2O3S2/c1-21-10-8-14(16)15(18)17-9-5-11-22(19,20)12-13-6-3-2-4-7-13/h2-4,6-7,14H,5,8-12,16H2,1H3,(H,17,18). The molecule has 0 fully saturated rings. The van der Waals surface area contributed by atoms with E-state index in [1.165, 1.54) is 0 Å². The zero-order valence-electron chi connectivity index (χ0n) is 12.8. The molecule has 0 aliphatic heterocycles. The highest BCUT2D eigenvalue weighted by Crippen LogP contribution is 2.07. The van der Waals surface area contributed by atoms with Crippen LogP contribution in [0.2, 0.25) is 0 Å². The Bertz CT molecular complexity index is 547. The van der Waals surface area contributed by atoms with Crippen molar-refractivity contribution in [2.75, 3.05) is 24.3 Å². The molecule has 1 amide bonds. The Labute approximate surface area is 137 Å². The number of amides is 1. The lowest BCUT2D eigenvalue weighted by Gasteiger charge is -2.11. The average molecular weight is 345 g/mol. The minimum absolute atomic E-state index is 0.0367. The van der Waals surface area contributed by atoms with Crippen molar-refractivity contribution in [3.63, 3.8) is 0 Å². The van der Waals surface area contributed by atoms with Gasteiger partial charge in [0.1, 0.15) is 0 Å². The maximum atomic E-state index is 12.0. The number of hydrogen-bond acceptors (Lipinski definition) is 5. The molecule has 0 heterocycles. The molecule has 22 heavy (non-hydrogen) atoms. The van der Waals surface area contributed by atoms with Gasteiger partial charge in [0.15, 0.2) is 9.84 Å². The van der Waals surface area contributed by atoms with Gasteiger partial charge in [0.25, 0.3) is 0 Å². The van der Waals surface area contributed by atoms with Crippen molar-refractivity contribution in [2.45, 2.75) is 24.6 Å². The Hall–Kier alpha value is -1.05. The number of carbonyl (C=O) groups is 1. The second-order valence-corrected chi connectivity index (χ2v) is 8.28. The van der Waals surface area contributed by atoms with Crippen LogP contribution < -0.4 is 11.1 Å². The summed E-state index contributed by atoms with van der Waals surface area (Å²) in [5.41, 5.74) is 6.51. The van der Waals surface area contributed by atoms with Crippen LogP contribution in [0.1, 0.15) is 18.4 Å². The van der Waals surface area contributed by atoms with Crippen molar-refractivity contribution in [2.24, 2.45) is 5.73 Å². The number of thioether (sulfide) groups is 1. The first-order valence-corrected chi connectivity index (χ1v) is 10.4. The molecule has 0 spiro atoms. The van der Waals surface area contributed by atoms with Crippen molar-refractivity contribution in [1.82, 2.24) is 5.32 Å². The Morgan fingerprint density at radius 2 is 2.00 bits per heavy atom. The van der Waals surface area contributed by atoms with E-state index in [-0.39, 0.29) is 17.4 Å². The topological polar surface area (TPSA) is 89.3 Å². The number of rotatable bonds is 10. The van der Waals surface area contributed by atoms with Crippen LogP contribution >= 0.6 is 11.8 Å². The van der Waals surface area contributed by atoms with Gasteiger partial charge in [0.2, 0.25) is 5.91 Å². The van der Waals surface area contributed by atoms with E-state index >= 15 is 0 Å². The molecule has 1 unspecified atom stereocenters. The third-order valence-electron chi connectivity index (χ3n) is 3.13. The van der Waals surface area contributed by atoms with Gasteiger partial charge in [-0.3, -0.25) is 4.79 Å². The summed E-state index contributed by atoms with van der Waals surface area (Å²) in [4.78, 5) is 11.7. The van der Waals surface area contributed by atoms with Crippen molar-refractivity contribution >= 4 is 27.5 Å². The fraction of sp³-hybridized carbons (Fsp3) is 0.533. The lowest BCUT2D eigenvalue weighted by atomic mass is 10.2. The summed E-state index contributed by atoms with van der Waals surface area (Å²) in [6.07, 6.45) is 2.98. The van der Waals surface area contributed by atoms with Gasteiger partial charge < -0.3 is 11.1 Å². The first kappa shape index (κ1) is 19.0. The van der Waals surface area contributed by atoms with E-state index < -0.39 is 15.9 Å². The summed E-state index contributed by atoms with van der Waals surface area (Å²) in [5, 5.41) is 2.69. The van der Waals surface area contributed by atoms with Crippen LogP contribution in [0.5, 0.6) is 0 Å². The van der Waals surface area contributed by atoms with E-state index in [9.17, 15) is 13.2 Å². The predicted molar refractivity (Wildman–Crippen MR) is 92.5 cm³/mol. The molecule has 1 aromatic carbocycles. The molecule has 7 heteroatoms. The highest BCUT2D eigenvalue weighted by atomic mass is 32.2. The van der Waals surface area contributed by atoms with E-state index in [1.807, 2.05) is 24.5 Å². The summed E-state index contributed by atoms with van der Waals surface area (Å²) in [5.74, 6) is 0.714. The van der Waals surface area contributed by atoms with Gasteiger partial charge in [-0.2, -0.15) is 11.8 Å². The molecule has 1 rings (SSSR count). The van der Waals surface area contributed by atoms with Crippen LogP contribution in [0.4, 0.5) is 0 Å². The van der Waals surface area contributed by atoms with Crippen LogP contribution in [0.3, 0.4) is 0 Å². The van der Waals surface area contributed by atoms with Crippen LogP contribution in [0, 0.1) is 0 Å². The number of carbonyl (C=O) groups excluding carboxylic acids is 1. The summed E-state index contributed by atoms with van der Waals surface area (Å²) in [6, 6.07) is 8.57. The quantitative estimate of drug-likeness (QED) is 0.622. The van der Waals surface area contributed by atoms with Crippen molar-refractivity contribution < 1.29 is 13.2 Å². The van der Waals surface area contributed by atoms with E-state index in [0.717, 1.165) is 11.3 Å². The lowest BCUT2D eigenvalue weighted by Crippen LogP contribution is -2.41. The molecule has 0 saturated heterocycles. The molecule has 0 bridgehead atoms. The monoisotopic (exact) mass is 344 g/mol. The minimum Gasteiger partial charge on any atom is -0.355 e. The van der Waals surface area contributed by atoms with E-state index in [2.05, 4.69) is 5.32 Å². The molecule has 0 radical (unpaired) electrons. The van der Waals surface area contributed by atoms with Crippen LogP contribution in [-0.4, -0.2) is 44.7 Å². The molecule has 0 aliphatic carbocycles. The number of sulfone groups is 1. The SMILES string of the molecule is CSCCC(N)C(=O)NCCCS(=O)(=O)Cc1ccccc1. The van der Waals surface area contributed by atoms with E-state index in [1.54, 1.807) is 23.9 Å². The Kier molecular flexibility index (Phi) is 8.52. The Balaban J connectivity index is 2.27. The highest BCUT2D eigenvalue weighted by Gasteiger charge is 2.14. The highest BCUT2D eigenvalue weighted by molar-refractivity contribution is 7.98. The first-order valence-electron chi connectivity index (χ1n) is 7.21.